The van der Waals surface area contributed by atoms with Gasteiger partial charge >= 0.3 is 6.03 Å². The molecule has 6 N–H and O–H groups in total. The van der Waals surface area contributed by atoms with E-state index < -0.39 is 41.7 Å². The number of hydrogen-bond acceptors (Lipinski definition) is 9. The number of urea groups is 1. The molecule has 1 unspecified atom stereocenters. The van der Waals surface area contributed by atoms with Gasteiger partial charge in [-0.1, -0.05) is 23.8 Å². The van der Waals surface area contributed by atoms with Crippen LogP contribution in [-0.4, -0.2) is 80.9 Å². The number of ether oxygens (including phenoxy) is 1. The second-order valence-electron chi connectivity index (χ2n) is 12.0. The fourth-order valence-corrected chi connectivity index (χ4v) is 7.30. The van der Waals surface area contributed by atoms with Crippen LogP contribution < -0.4 is 31.7 Å². The molecule has 0 radical (unpaired) electrons. The van der Waals surface area contributed by atoms with Gasteiger partial charge in [-0.15, -0.1) is 5.10 Å². The Bertz CT molecular complexity index is 1620. The van der Waals surface area contributed by atoms with E-state index in [0.29, 0.717) is 42.4 Å². The Morgan fingerprint density at radius 2 is 1.88 bits per heavy atom. The van der Waals surface area contributed by atoms with Crippen LogP contribution >= 0.6 is 11.8 Å². The van der Waals surface area contributed by atoms with E-state index in [1.165, 1.54) is 10.7 Å². The normalized spacial score (nSPS) is 18.7. The average molecular weight is 699 g/mol. The lowest BCUT2D eigenvalue weighted by Crippen LogP contribution is -2.43. The van der Waals surface area contributed by atoms with E-state index in [4.69, 9.17) is 10.5 Å². The van der Waals surface area contributed by atoms with Crippen LogP contribution in [0.4, 0.5) is 13.6 Å². The number of Topliss-reactive ketones (excluding diaryl/α,β-unsaturated/α-hetero) is 1. The lowest BCUT2D eigenvalue weighted by Gasteiger charge is -2.18. The Morgan fingerprint density at radius 1 is 1.08 bits per heavy atom. The van der Waals surface area contributed by atoms with Gasteiger partial charge < -0.3 is 31.7 Å². The third-order valence-corrected chi connectivity index (χ3v) is 9.89. The van der Waals surface area contributed by atoms with Gasteiger partial charge in [-0.05, 0) is 69.0 Å². The summed E-state index contributed by atoms with van der Waals surface area (Å²) in [7, 11) is 0. The number of carbonyl (C=O) groups excluding carboxylic acids is 4. The molecule has 16 heteroatoms. The second-order valence-corrected chi connectivity index (χ2v) is 13.2. The molecule has 0 bridgehead atoms. The molecule has 2 saturated heterocycles. The molecule has 2 aromatic carbocycles. The van der Waals surface area contributed by atoms with Crippen LogP contribution in [0.25, 0.3) is 5.69 Å². The molecular weight excluding hydrogens is 658 g/mol. The number of nitrogens with zero attached hydrogens (tertiary/aromatic N) is 3. The van der Waals surface area contributed by atoms with E-state index in [1.54, 1.807) is 30.5 Å². The van der Waals surface area contributed by atoms with Crippen LogP contribution in [0.2, 0.25) is 0 Å². The number of amides is 4. The molecule has 49 heavy (non-hydrogen) atoms. The number of nitrogens with one attached hydrogen (secondary N) is 4. The number of carbonyl (C=O) groups is 4. The summed E-state index contributed by atoms with van der Waals surface area (Å²) in [6.45, 7) is -0.0493. The van der Waals surface area contributed by atoms with Crippen molar-refractivity contribution < 1.29 is 32.7 Å². The van der Waals surface area contributed by atoms with Crippen molar-refractivity contribution in [3.05, 3.63) is 71.6 Å². The molecule has 3 heterocycles. The largest absolute Gasteiger partial charge is 0.480 e. The number of benzene rings is 2. The van der Waals surface area contributed by atoms with Gasteiger partial charge in [0.25, 0.3) is 5.91 Å². The molecule has 4 amide bonds. The topological polar surface area (TPSA) is 182 Å². The van der Waals surface area contributed by atoms with Crippen molar-refractivity contribution in [1.29, 1.82) is 0 Å². The number of halogens is 2. The maximum atomic E-state index is 14.0. The monoisotopic (exact) mass is 698 g/mol. The van der Waals surface area contributed by atoms with Gasteiger partial charge in [0.1, 0.15) is 12.3 Å². The Morgan fingerprint density at radius 3 is 2.67 bits per heavy atom. The van der Waals surface area contributed by atoms with Gasteiger partial charge in [-0.3, -0.25) is 14.4 Å². The smallest absolute Gasteiger partial charge is 0.315 e. The number of aromatic nitrogens is 3. The molecule has 1 aromatic heterocycles. The van der Waals surface area contributed by atoms with Crippen LogP contribution in [0.15, 0.2) is 48.7 Å². The number of unbranched alkanes of at least 4 members (excludes halogenated alkanes) is 2. The molecular formula is C33H40F2N8O5S. The van der Waals surface area contributed by atoms with E-state index in [0.717, 1.165) is 37.1 Å². The van der Waals surface area contributed by atoms with Gasteiger partial charge in [-0.25, -0.2) is 18.3 Å². The summed E-state index contributed by atoms with van der Waals surface area (Å²) in [5.74, 6) is -2.80. The third kappa shape index (κ3) is 9.75. The highest BCUT2D eigenvalue weighted by Gasteiger charge is 2.42. The highest BCUT2D eigenvalue weighted by molar-refractivity contribution is 8.00. The van der Waals surface area contributed by atoms with E-state index in [9.17, 15) is 28.0 Å². The zero-order chi connectivity index (χ0) is 34.8. The van der Waals surface area contributed by atoms with Crippen LogP contribution in [-0.2, 0) is 16.1 Å². The summed E-state index contributed by atoms with van der Waals surface area (Å²) in [4.78, 5) is 50.2. The molecule has 0 spiro atoms. The van der Waals surface area contributed by atoms with E-state index in [1.807, 2.05) is 11.8 Å². The van der Waals surface area contributed by atoms with Crippen molar-refractivity contribution in [1.82, 2.24) is 36.3 Å². The zero-order valence-corrected chi connectivity index (χ0v) is 27.6. The van der Waals surface area contributed by atoms with Gasteiger partial charge in [-0.2, -0.15) is 11.8 Å². The quantitative estimate of drug-likeness (QED) is 0.0986. The van der Waals surface area contributed by atoms with Crippen molar-refractivity contribution >= 4 is 35.4 Å². The lowest BCUT2D eigenvalue weighted by atomic mass is 10.0. The Labute approximate surface area is 286 Å². The lowest BCUT2D eigenvalue weighted by molar-refractivity contribution is -0.123. The standard InChI is InChI=1S/C33H40F2N8O5S/c34-23-9-6-10-24(35)31(23)48-18-27(44)25(11-3-4-14-36)38-32(46)20-7-5-8-22(15-20)43-17-21(41-42-43)16-37-29(45)13-2-1-12-28-30-26(19-49-28)39-33(47)40-30/h5-10,15,17,25-26,28,30H,1-4,11-14,16,18-19,36H2,(H,37,45)(H,38,46)(H2,39,40,47)/t25-,26-,28?,30-/m0/s1. The highest BCUT2D eigenvalue weighted by atomic mass is 32.2. The zero-order valence-electron chi connectivity index (χ0n) is 26.8. The summed E-state index contributed by atoms with van der Waals surface area (Å²) in [5, 5.41) is 20.1. The van der Waals surface area contributed by atoms with Gasteiger partial charge in [0, 0.05) is 23.0 Å². The molecule has 0 aliphatic carbocycles. The Kier molecular flexibility index (Phi) is 12.5. The average Bonchev–Trinajstić information content (AvgIpc) is 3.81. The van der Waals surface area contributed by atoms with E-state index in [2.05, 4.69) is 31.6 Å². The first-order chi connectivity index (χ1) is 23.7. The number of ketones is 1. The first-order valence-corrected chi connectivity index (χ1v) is 17.3. The van der Waals surface area contributed by atoms with Gasteiger partial charge in [0.2, 0.25) is 5.91 Å². The predicted octanol–water partition coefficient (Wildman–Crippen LogP) is 2.76. The third-order valence-electron chi connectivity index (χ3n) is 8.38. The maximum absolute atomic E-state index is 14.0. The first-order valence-electron chi connectivity index (χ1n) is 16.3. The van der Waals surface area contributed by atoms with E-state index in [-0.39, 0.29) is 42.6 Å². The highest BCUT2D eigenvalue weighted by Crippen LogP contribution is 2.33. The van der Waals surface area contributed by atoms with Crippen LogP contribution in [0.1, 0.15) is 61.0 Å². The van der Waals surface area contributed by atoms with Crippen molar-refractivity contribution in [2.24, 2.45) is 5.73 Å². The second kappa shape index (κ2) is 17.2. The van der Waals surface area contributed by atoms with E-state index >= 15 is 0 Å². The number of thioether (sulfide) groups is 1. The molecule has 3 aromatic rings. The van der Waals surface area contributed by atoms with Gasteiger partial charge in [0.15, 0.2) is 23.2 Å². The Hall–Kier alpha value is -4.57. The number of nitrogens with two attached hydrogens (primary N) is 1. The van der Waals surface area contributed by atoms with Crippen LogP contribution in [0.5, 0.6) is 5.75 Å². The Balaban J connectivity index is 1.09. The summed E-state index contributed by atoms with van der Waals surface area (Å²) in [6.07, 6.45) is 6.00. The fourth-order valence-electron chi connectivity index (χ4n) is 5.76. The fraction of sp³-hybridized carbons (Fsp3) is 0.455. The molecule has 2 fully saturated rings. The molecule has 262 valence electrons. The number of hydrogen-bond donors (Lipinski definition) is 5. The number of fused-ring (bicyclic) bond motifs is 1. The van der Waals surface area contributed by atoms with Crippen LogP contribution in [0, 0.1) is 11.6 Å². The molecule has 5 rings (SSSR count). The minimum absolute atomic E-state index is 0.0963. The van der Waals surface area contributed by atoms with Crippen molar-refractivity contribution in [2.75, 3.05) is 18.9 Å². The number of para-hydroxylation sites is 1. The molecule has 0 saturated carbocycles. The summed E-state index contributed by atoms with van der Waals surface area (Å²) in [5.41, 5.74) is 6.90. The minimum Gasteiger partial charge on any atom is -0.480 e. The SMILES string of the molecule is NCCCC[C@H](NC(=O)c1cccc(-n2cc(CNC(=O)CCCCC3SC[C@@H]4NC(=O)N[C@H]34)nn2)c1)C(=O)COc1c(F)cccc1F. The summed E-state index contributed by atoms with van der Waals surface area (Å²) >= 11 is 1.85. The van der Waals surface area contributed by atoms with Crippen molar-refractivity contribution in [3.8, 4) is 11.4 Å². The molecule has 13 nitrogen and oxygen atoms in total. The minimum atomic E-state index is -0.972. The molecule has 2 aliphatic heterocycles. The van der Waals surface area contributed by atoms with Gasteiger partial charge in [0.05, 0.1) is 36.6 Å². The summed E-state index contributed by atoms with van der Waals surface area (Å²) < 4.78 is 34.6. The van der Waals surface area contributed by atoms with Crippen LogP contribution in [0.3, 0.4) is 0 Å². The first kappa shape index (κ1) is 35.7. The molecule has 4 atom stereocenters. The van der Waals surface area contributed by atoms with Crippen molar-refractivity contribution in [2.45, 2.75) is 74.9 Å². The predicted molar refractivity (Wildman–Crippen MR) is 178 cm³/mol. The number of rotatable bonds is 18. The molecule has 2 aliphatic rings. The maximum Gasteiger partial charge on any atom is 0.315 e. The van der Waals surface area contributed by atoms with Crippen molar-refractivity contribution in [3.63, 3.8) is 0 Å². The summed E-state index contributed by atoms with van der Waals surface area (Å²) in [6, 6.07) is 9.05.